The van der Waals surface area contributed by atoms with Crippen molar-refractivity contribution in [1.29, 1.82) is 0 Å². The molecule has 1 nitrogen and oxygen atoms in total. The first-order valence-electron chi connectivity index (χ1n) is 6.69. The van der Waals surface area contributed by atoms with Crippen molar-refractivity contribution >= 4 is 0 Å². The summed E-state index contributed by atoms with van der Waals surface area (Å²) in [6, 6.07) is 0. The molecule has 1 saturated heterocycles. The number of hydrogen-bond acceptors (Lipinski definition) is 1. The molecule has 0 radical (unpaired) electrons. The molecule has 1 aliphatic heterocycles. The number of allylic oxidation sites excluding steroid dienone is 5. The van der Waals surface area contributed by atoms with E-state index in [1.165, 1.54) is 31.5 Å². The fraction of sp³-hybridized carbons (Fsp3) is 0.600. The second kappa shape index (κ2) is 6.15. The summed E-state index contributed by atoms with van der Waals surface area (Å²) in [6.45, 7) is 5.91. The van der Waals surface area contributed by atoms with Gasteiger partial charge in [0.2, 0.25) is 0 Å². The van der Waals surface area contributed by atoms with E-state index in [0.29, 0.717) is 0 Å². The van der Waals surface area contributed by atoms with E-state index in [1.54, 1.807) is 12.2 Å². The zero-order valence-corrected chi connectivity index (χ0v) is 10.7. The van der Waals surface area contributed by atoms with Gasteiger partial charge in [-0.1, -0.05) is 24.6 Å². The second-order valence-electron chi connectivity index (χ2n) is 5.21. The Bertz CT molecular complexity index is 333. The highest BCUT2D eigenvalue weighted by atomic mass is 19.1. The van der Waals surface area contributed by atoms with Crippen LogP contribution in [-0.4, -0.2) is 24.5 Å². The van der Waals surface area contributed by atoms with Gasteiger partial charge in [0.15, 0.2) is 0 Å². The number of rotatable bonds is 3. The van der Waals surface area contributed by atoms with Crippen molar-refractivity contribution in [3.8, 4) is 0 Å². The Hall–Kier alpha value is -0.890. The maximum Gasteiger partial charge on any atom is 0.119 e. The molecule has 0 atom stereocenters. The van der Waals surface area contributed by atoms with Crippen molar-refractivity contribution < 1.29 is 4.39 Å². The third-order valence-electron chi connectivity index (χ3n) is 3.74. The Morgan fingerprint density at radius 1 is 1.24 bits per heavy atom. The van der Waals surface area contributed by atoms with E-state index in [-0.39, 0.29) is 5.83 Å². The molecule has 1 aliphatic carbocycles. The highest BCUT2D eigenvalue weighted by Crippen LogP contribution is 2.18. The molecular weight excluding hydrogens is 213 g/mol. The van der Waals surface area contributed by atoms with Crippen molar-refractivity contribution in [1.82, 2.24) is 4.90 Å². The van der Waals surface area contributed by atoms with Crippen LogP contribution in [0.2, 0.25) is 0 Å². The van der Waals surface area contributed by atoms with Gasteiger partial charge >= 0.3 is 0 Å². The fourth-order valence-corrected chi connectivity index (χ4v) is 2.40. The predicted octanol–water partition coefficient (Wildman–Crippen LogP) is 3.85. The largest absolute Gasteiger partial charge is 0.303 e. The summed E-state index contributed by atoms with van der Waals surface area (Å²) < 4.78 is 13.0. The summed E-state index contributed by atoms with van der Waals surface area (Å²) in [4.78, 5) is 2.53. The van der Waals surface area contributed by atoms with E-state index in [2.05, 4.69) is 17.9 Å². The van der Waals surface area contributed by atoms with Gasteiger partial charge in [-0.25, -0.2) is 4.39 Å². The third-order valence-corrected chi connectivity index (χ3v) is 3.74. The first-order valence-corrected chi connectivity index (χ1v) is 6.69. The van der Waals surface area contributed by atoms with Gasteiger partial charge in [-0.3, -0.25) is 0 Å². The lowest BCUT2D eigenvalue weighted by molar-refractivity contribution is 0.195. The topological polar surface area (TPSA) is 3.24 Å². The van der Waals surface area contributed by atoms with Crippen LogP contribution in [0.25, 0.3) is 0 Å². The zero-order valence-electron chi connectivity index (χ0n) is 10.7. The molecular formula is C15H22FN. The molecule has 1 heterocycles. The van der Waals surface area contributed by atoms with Gasteiger partial charge in [0.1, 0.15) is 5.83 Å². The normalized spacial score (nSPS) is 23.2. The van der Waals surface area contributed by atoms with E-state index in [1.807, 2.05) is 6.08 Å². The summed E-state index contributed by atoms with van der Waals surface area (Å²) in [7, 11) is 0. The third kappa shape index (κ3) is 4.12. The second-order valence-corrected chi connectivity index (χ2v) is 5.21. The van der Waals surface area contributed by atoms with Crippen LogP contribution in [0, 0.1) is 5.92 Å². The lowest BCUT2D eigenvalue weighted by Gasteiger charge is -2.30. The minimum Gasteiger partial charge on any atom is -0.303 e. The van der Waals surface area contributed by atoms with E-state index >= 15 is 0 Å². The number of likely N-dealkylation sites (tertiary alicyclic amines) is 1. The average Bonchev–Trinajstić information content (AvgIpc) is 2.54. The standard InChI is InChI=1S/C15H22FN/c1-13-7-10-17(11-8-13)12-9-14-3-2-4-15(16)6-5-14/h3-6,13H,2,7-12H2,1H3. The smallest absolute Gasteiger partial charge is 0.119 e. The molecule has 0 N–H and O–H groups in total. The maximum atomic E-state index is 13.0. The van der Waals surface area contributed by atoms with Crippen LogP contribution in [0.1, 0.15) is 32.6 Å². The van der Waals surface area contributed by atoms with E-state index < -0.39 is 0 Å². The van der Waals surface area contributed by atoms with Gasteiger partial charge in [-0.05, 0) is 56.8 Å². The summed E-state index contributed by atoms with van der Waals surface area (Å²) in [6.07, 6.45) is 11.7. The first kappa shape index (κ1) is 12.6. The number of piperidine rings is 1. The molecule has 2 aliphatic rings. The van der Waals surface area contributed by atoms with Crippen LogP contribution in [0.5, 0.6) is 0 Å². The lowest BCUT2D eigenvalue weighted by atomic mass is 9.99. The Labute approximate surface area is 104 Å². The Morgan fingerprint density at radius 3 is 2.76 bits per heavy atom. The Balaban J connectivity index is 1.75. The van der Waals surface area contributed by atoms with Gasteiger partial charge in [0, 0.05) is 6.54 Å². The SMILES string of the molecule is CC1CCN(CCC2=CCC=C(F)C=C2)CC1. The maximum absolute atomic E-state index is 13.0. The number of nitrogens with zero attached hydrogens (tertiary/aromatic N) is 1. The molecule has 1 fully saturated rings. The number of hydrogen-bond donors (Lipinski definition) is 0. The molecule has 0 spiro atoms. The van der Waals surface area contributed by atoms with Crippen molar-refractivity contribution in [2.45, 2.75) is 32.6 Å². The van der Waals surface area contributed by atoms with Gasteiger partial charge < -0.3 is 4.90 Å². The fourth-order valence-electron chi connectivity index (χ4n) is 2.40. The summed E-state index contributed by atoms with van der Waals surface area (Å²) in [5, 5.41) is 0. The number of halogens is 1. The molecule has 94 valence electrons. The van der Waals surface area contributed by atoms with Crippen LogP contribution in [-0.2, 0) is 0 Å². The monoisotopic (exact) mass is 235 g/mol. The Morgan fingerprint density at radius 2 is 2.00 bits per heavy atom. The minimum atomic E-state index is -0.108. The van der Waals surface area contributed by atoms with Gasteiger partial charge in [-0.2, -0.15) is 0 Å². The molecule has 0 saturated carbocycles. The van der Waals surface area contributed by atoms with Crippen LogP contribution < -0.4 is 0 Å². The molecule has 0 bridgehead atoms. The first-order chi connectivity index (χ1) is 8.24. The van der Waals surface area contributed by atoms with Gasteiger partial charge in [-0.15, -0.1) is 0 Å². The summed E-state index contributed by atoms with van der Waals surface area (Å²) in [5.41, 5.74) is 1.27. The lowest BCUT2D eigenvalue weighted by Crippen LogP contribution is -2.33. The van der Waals surface area contributed by atoms with Crippen LogP contribution in [0.15, 0.2) is 35.7 Å². The zero-order chi connectivity index (χ0) is 12.1. The molecule has 0 aromatic carbocycles. The molecule has 2 heteroatoms. The summed E-state index contributed by atoms with van der Waals surface area (Å²) >= 11 is 0. The molecule has 2 rings (SSSR count). The molecule has 0 aromatic rings. The van der Waals surface area contributed by atoms with Crippen LogP contribution in [0.4, 0.5) is 4.39 Å². The van der Waals surface area contributed by atoms with E-state index in [4.69, 9.17) is 0 Å². The quantitative estimate of drug-likeness (QED) is 0.718. The molecule has 0 amide bonds. The minimum absolute atomic E-state index is 0.108. The summed E-state index contributed by atoms with van der Waals surface area (Å²) in [5.74, 6) is 0.782. The van der Waals surface area contributed by atoms with E-state index in [0.717, 1.165) is 25.3 Å². The van der Waals surface area contributed by atoms with Crippen molar-refractivity contribution in [3.63, 3.8) is 0 Å². The van der Waals surface area contributed by atoms with Crippen molar-refractivity contribution in [2.24, 2.45) is 5.92 Å². The van der Waals surface area contributed by atoms with Crippen molar-refractivity contribution in [3.05, 3.63) is 35.7 Å². The molecule has 0 aromatic heterocycles. The van der Waals surface area contributed by atoms with Gasteiger partial charge in [0.05, 0.1) is 0 Å². The average molecular weight is 235 g/mol. The molecule has 0 unspecified atom stereocenters. The molecule has 17 heavy (non-hydrogen) atoms. The highest BCUT2D eigenvalue weighted by molar-refractivity contribution is 5.29. The Kier molecular flexibility index (Phi) is 4.55. The van der Waals surface area contributed by atoms with E-state index in [9.17, 15) is 4.39 Å². The van der Waals surface area contributed by atoms with Crippen LogP contribution in [0.3, 0.4) is 0 Å². The van der Waals surface area contributed by atoms with Gasteiger partial charge in [0.25, 0.3) is 0 Å². The highest BCUT2D eigenvalue weighted by Gasteiger charge is 2.15. The van der Waals surface area contributed by atoms with Crippen molar-refractivity contribution in [2.75, 3.05) is 19.6 Å². The van der Waals surface area contributed by atoms with Crippen LogP contribution >= 0.6 is 0 Å². The predicted molar refractivity (Wildman–Crippen MR) is 70.5 cm³/mol.